The molecule has 6 nitrogen and oxygen atoms in total. The van der Waals surface area contributed by atoms with Crippen molar-refractivity contribution in [2.24, 2.45) is 0 Å². The number of hydrogen-bond acceptors (Lipinski definition) is 4. The molecule has 0 saturated heterocycles. The molecule has 0 fully saturated rings. The van der Waals surface area contributed by atoms with E-state index >= 15 is 0 Å². The molecule has 0 saturated carbocycles. The van der Waals surface area contributed by atoms with Gasteiger partial charge in [0.2, 0.25) is 10.0 Å². The first-order valence-corrected chi connectivity index (χ1v) is 7.72. The minimum atomic E-state index is -3.90. The van der Waals surface area contributed by atoms with Crippen LogP contribution in [0.3, 0.4) is 0 Å². The molecule has 118 valence electrons. The van der Waals surface area contributed by atoms with Crippen LogP contribution in [0.1, 0.15) is 22.8 Å². The zero-order valence-corrected chi connectivity index (χ0v) is 12.9. The minimum absolute atomic E-state index is 0.0312. The summed E-state index contributed by atoms with van der Waals surface area (Å²) in [5.41, 5.74) is -0.687. The Morgan fingerprint density at radius 3 is 2.52 bits per heavy atom. The highest BCUT2D eigenvalue weighted by molar-refractivity contribution is 7.89. The first-order chi connectivity index (χ1) is 9.75. The number of hydrogen-bond donors (Lipinski definition) is 1. The zero-order valence-electron chi connectivity index (χ0n) is 12.1. The van der Waals surface area contributed by atoms with E-state index in [2.05, 4.69) is 0 Å². The Balaban J connectivity index is 3.34. The third-order valence-corrected chi connectivity index (χ3v) is 4.95. The zero-order chi connectivity index (χ0) is 16.2. The summed E-state index contributed by atoms with van der Waals surface area (Å²) < 4.78 is 44.6. The number of benzene rings is 1. The van der Waals surface area contributed by atoms with Crippen LogP contribution < -0.4 is 0 Å². The van der Waals surface area contributed by atoms with Crippen LogP contribution in [0, 0.1) is 12.7 Å². The molecule has 0 aliphatic rings. The molecule has 0 radical (unpaired) electrons. The lowest BCUT2D eigenvalue weighted by Crippen LogP contribution is -2.34. The van der Waals surface area contributed by atoms with Crippen LogP contribution in [0.25, 0.3) is 0 Å². The molecule has 0 heterocycles. The molecule has 1 rings (SSSR count). The number of aromatic carboxylic acids is 1. The molecule has 0 aromatic heterocycles. The van der Waals surface area contributed by atoms with Crippen molar-refractivity contribution in [2.75, 3.05) is 26.8 Å². The van der Waals surface area contributed by atoms with Gasteiger partial charge in [-0.2, -0.15) is 4.31 Å². The fourth-order valence-electron chi connectivity index (χ4n) is 1.83. The van der Waals surface area contributed by atoms with Gasteiger partial charge in [0, 0.05) is 20.2 Å². The first kappa shape index (κ1) is 17.5. The topological polar surface area (TPSA) is 83.9 Å². The van der Waals surface area contributed by atoms with Crippen LogP contribution >= 0.6 is 0 Å². The molecule has 0 aliphatic heterocycles. The number of carboxylic acids is 1. The van der Waals surface area contributed by atoms with Gasteiger partial charge in [0.15, 0.2) is 0 Å². The number of nitrogens with zero attached hydrogens (tertiary/aromatic N) is 1. The molecule has 1 N–H and O–H groups in total. The Morgan fingerprint density at radius 1 is 1.43 bits per heavy atom. The number of rotatable bonds is 7. The molecular weight excluding hydrogens is 301 g/mol. The average Bonchev–Trinajstić information content (AvgIpc) is 2.41. The van der Waals surface area contributed by atoms with Crippen molar-refractivity contribution in [3.8, 4) is 0 Å². The Bertz CT molecular complexity index is 630. The van der Waals surface area contributed by atoms with Crippen molar-refractivity contribution in [3.63, 3.8) is 0 Å². The molecule has 1 aromatic rings. The molecule has 0 aliphatic carbocycles. The van der Waals surface area contributed by atoms with E-state index in [0.717, 1.165) is 16.4 Å². The lowest BCUT2D eigenvalue weighted by molar-refractivity contribution is 0.0691. The van der Waals surface area contributed by atoms with Gasteiger partial charge in [-0.25, -0.2) is 17.6 Å². The molecule has 0 amide bonds. The second-order valence-corrected chi connectivity index (χ2v) is 6.33. The highest BCUT2D eigenvalue weighted by atomic mass is 32.2. The average molecular weight is 319 g/mol. The predicted octanol–water partition coefficient (Wildman–Crippen LogP) is 1.49. The summed E-state index contributed by atoms with van der Waals surface area (Å²) in [6, 6.07) is 1.97. The van der Waals surface area contributed by atoms with Gasteiger partial charge in [-0.05, 0) is 24.6 Å². The van der Waals surface area contributed by atoms with Crippen LogP contribution in [0.5, 0.6) is 0 Å². The maximum absolute atomic E-state index is 13.7. The lowest BCUT2D eigenvalue weighted by Gasteiger charge is -2.20. The Labute approximate surface area is 123 Å². The highest BCUT2D eigenvalue weighted by Gasteiger charge is 2.26. The van der Waals surface area contributed by atoms with E-state index in [1.807, 2.05) is 0 Å². The smallest absolute Gasteiger partial charge is 0.338 e. The van der Waals surface area contributed by atoms with Gasteiger partial charge >= 0.3 is 5.97 Å². The summed E-state index contributed by atoms with van der Waals surface area (Å²) >= 11 is 0. The summed E-state index contributed by atoms with van der Waals surface area (Å²) in [4.78, 5) is 10.8. The van der Waals surface area contributed by atoms with Gasteiger partial charge in [-0.1, -0.05) is 6.92 Å². The molecule has 0 atom stereocenters. The van der Waals surface area contributed by atoms with Gasteiger partial charge in [-0.3, -0.25) is 0 Å². The van der Waals surface area contributed by atoms with E-state index < -0.39 is 27.4 Å². The van der Waals surface area contributed by atoms with Gasteiger partial charge < -0.3 is 9.84 Å². The third-order valence-electron chi connectivity index (χ3n) is 2.99. The second kappa shape index (κ2) is 6.97. The van der Waals surface area contributed by atoms with Crippen LogP contribution in [0.15, 0.2) is 17.0 Å². The van der Waals surface area contributed by atoms with Crippen molar-refractivity contribution in [2.45, 2.75) is 18.7 Å². The largest absolute Gasteiger partial charge is 0.478 e. The predicted molar refractivity (Wildman–Crippen MR) is 74.4 cm³/mol. The highest BCUT2D eigenvalue weighted by Crippen LogP contribution is 2.22. The number of sulfonamides is 1. The normalized spacial score (nSPS) is 11.9. The number of halogens is 1. The van der Waals surface area contributed by atoms with Gasteiger partial charge in [0.25, 0.3) is 0 Å². The maximum atomic E-state index is 13.7. The molecular formula is C13H18FNO5S. The SMILES string of the molecule is CCN(CCOC)S(=O)(=O)c1cc(C)c(F)c(C(=O)O)c1. The van der Waals surface area contributed by atoms with Crippen molar-refractivity contribution in [3.05, 3.63) is 29.1 Å². The summed E-state index contributed by atoms with van der Waals surface area (Å²) in [5.74, 6) is -2.44. The Kier molecular flexibility index (Phi) is 5.82. The first-order valence-electron chi connectivity index (χ1n) is 6.28. The monoisotopic (exact) mass is 319 g/mol. The quantitative estimate of drug-likeness (QED) is 0.823. The second-order valence-electron chi connectivity index (χ2n) is 4.40. The minimum Gasteiger partial charge on any atom is -0.478 e. The fraction of sp³-hybridized carbons (Fsp3) is 0.462. The summed E-state index contributed by atoms with van der Waals surface area (Å²) in [5, 5.41) is 8.95. The van der Waals surface area contributed by atoms with Crippen LogP contribution in [-0.2, 0) is 14.8 Å². The number of methoxy groups -OCH3 is 1. The van der Waals surface area contributed by atoms with Crippen molar-refractivity contribution in [1.29, 1.82) is 0 Å². The van der Waals surface area contributed by atoms with Crippen LogP contribution in [0.4, 0.5) is 4.39 Å². The fourth-order valence-corrected chi connectivity index (χ4v) is 3.38. The van der Waals surface area contributed by atoms with Gasteiger partial charge in [0.1, 0.15) is 5.82 Å². The van der Waals surface area contributed by atoms with Gasteiger partial charge in [0.05, 0.1) is 17.1 Å². The molecule has 0 bridgehead atoms. The maximum Gasteiger partial charge on any atom is 0.338 e. The lowest BCUT2D eigenvalue weighted by atomic mass is 10.1. The van der Waals surface area contributed by atoms with E-state index in [9.17, 15) is 17.6 Å². The van der Waals surface area contributed by atoms with Crippen LogP contribution in [0.2, 0.25) is 0 Å². The standard InChI is InChI=1S/C13H18FNO5S/c1-4-15(5-6-20-3)21(18,19)10-7-9(2)12(14)11(8-10)13(16)17/h7-8H,4-6H2,1-3H3,(H,16,17). The van der Waals surface area contributed by atoms with E-state index in [1.54, 1.807) is 6.92 Å². The van der Waals surface area contributed by atoms with Crippen molar-refractivity contribution < 1.29 is 27.4 Å². The number of carbonyl (C=O) groups is 1. The molecule has 0 spiro atoms. The Morgan fingerprint density at radius 2 is 2.05 bits per heavy atom. The summed E-state index contributed by atoms with van der Waals surface area (Å²) in [7, 11) is -2.45. The van der Waals surface area contributed by atoms with E-state index in [-0.39, 0.29) is 30.2 Å². The Hall–Kier alpha value is -1.51. The summed E-state index contributed by atoms with van der Waals surface area (Å²) in [6.07, 6.45) is 0. The molecule has 8 heteroatoms. The number of carboxylic acid groups (broad SMARTS) is 1. The summed E-state index contributed by atoms with van der Waals surface area (Å²) in [6.45, 7) is 3.52. The number of ether oxygens (including phenoxy) is 1. The van der Waals surface area contributed by atoms with Crippen molar-refractivity contribution in [1.82, 2.24) is 4.31 Å². The van der Waals surface area contributed by atoms with Crippen LogP contribution in [-0.4, -0.2) is 50.6 Å². The molecule has 21 heavy (non-hydrogen) atoms. The van der Waals surface area contributed by atoms with E-state index in [0.29, 0.717) is 0 Å². The van der Waals surface area contributed by atoms with Gasteiger partial charge in [-0.15, -0.1) is 0 Å². The molecule has 1 aromatic carbocycles. The van der Waals surface area contributed by atoms with E-state index in [4.69, 9.17) is 9.84 Å². The van der Waals surface area contributed by atoms with E-state index in [1.165, 1.54) is 14.0 Å². The number of likely N-dealkylation sites (N-methyl/N-ethyl adjacent to an activating group) is 1. The van der Waals surface area contributed by atoms with Crippen molar-refractivity contribution >= 4 is 16.0 Å². The molecule has 0 unspecified atom stereocenters. The third kappa shape index (κ3) is 3.78. The number of aryl methyl sites for hydroxylation is 1.